The molecule has 0 saturated carbocycles. The fourth-order valence-electron chi connectivity index (χ4n) is 0.241. The van der Waals surface area contributed by atoms with E-state index < -0.39 is 40.1 Å². The molecule has 1 unspecified atom stereocenters. The van der Waals surface area contributed by atoms with E-state index in [-0.39, 0.29) is 0 Å². The van der Waals surface area contributed by atoms with E-state index in [0.29, 0.717) is 0 Å². The van der Waals surface area contributed by atoms with Crippen molar-refractivity contribution in [1.82, 2.24) is 0 Å². The Kier molecular flexibility index (Phi) is 9.77. The van der Waals surface area contributed by atoms with E-state index in [2.05, 4.69) is 0 Å². The van der Waals surface area contributed by atoms with Crippen LogP contribution in [0.15, 0.2) is 0 Å². The molecule has 0 aliphatic carbocycles. The van der Waals surface area contributed by atoms with Crippen molar-refractivity contribution < 1.29 is 48.9 Å². The molecule has 0 aromatic rings. The molecule has 8 heteroatoms. The molecule has 0 aliphatic rings. The Morgan fingerprint density at radius 2 is 1.67 bits per heavy atom. The van der Waals surface area contributed by atoms with Crippen molar-refractivity contribution in [3.63, 3.8) is 0 Å². The van der Waals surface area contributed by atoms with Gasteiger partial charge in [-0.05, 0) is 0 Å². The first kappa shape index (κ1) is 13.9. The Morgan fingerprint density at radius 1 is 1.33 bits per heavy atom. The summed E-state index contributed by atoms with van der Waals surface area (Å²) in [5.41, 5.74) is 0. The summed E-state index contributed by atoms with van der Waals surface area (Å²) in [4.78, 5) is 19.1. The normalized spacial score (nSPS) is 10.9. The van der Waals surface area contributed by atoms with Gasteiger partial charge < -0.3 is 24.9 Å². The molecule has 0 aliphatic heterocycles. The molecule has 0 heterocycles. The third kappa shape index (κ3) is 12.1. The maximum absolute atomic E-state index is 9.58. The molecule has 0 radical (unpaired) electrons. The first-order valence-corrected chi connectivity index (χ1v) is 3.43. The number of carboxylic acid groups (broad SMARTS) is 2. The van der Waals surface area contributed by atoms with Crippen LogP contribution in [0.5, 0.6) is 0 Å². The fourth-order valence-corrected chi connectivity index (χ4v) is 0.241. The van der Waals surface area contributed by atoms with Gasteiger partial charge in [-0.1, -0.05) is 0 Å². The summed E-state index contributed by atoms with van der Waals surface area (Å²) in [6.07, 6.45) is -2.89. The van der Waals surface area contributed by atoms with Crippen LogP contribution >= 0.6 is 0 Å². The Balaban J connectivity index is 0. The van der Waals surface area contributed by atoms with E-state index in [1.807, 2.05) is 0 Å². The van der Waals surface area contributed by atoms with E-state index in [1.165, 1.54) is 0 Å². The second-order valence-corrected chi connectivity index (χ2v) is 1.70. The predicted molar refractivity (Wildman–Crippen MR) is 25.1 cm³/mol. The molecule has 12 heavy (non-hydrogen) atoms. The van der Waals surface area contributed by atoms with Crippen molar-refractivity contribution in [2.45, 2.75) is 12.5 Å². The number of carbonyl (C=O) groups is 2. The number of carbonyl (C=O) groups excluding carboxylic acids is 2. The van der Waals surface area contributed by atoms with E-state index in [1.54, 1.807) is 0 Å². The van der Waals surface area contributed by atoms with E-state index >= 15 is 0 Å². The van der Waals surface area contributed by atoms with Crippen LogP contribution in [0.25, 0.3) is 0 Å². The van der Waals surface area contributed by atoms with Crippen molar-refractivity contribution in [2.24, 2.45) is 0 Å². The van der Waals surface area contributed by atoms with Gasteiger partial charge >= 0.3 is 24.0 Å². The SMILES string of the molecule is O=C([O-])CC(O)C(=O)[O-].[OH][Fe+2][OH]. The number of hydrogen-bond donors (Lipinski definition) is 3. The second kappa shape index (κ2) is 8.44. The van der Waals surface area contributed by atoms with E-state index in [0.717, 1.165) is 0 Å². The Hall–Kier alpha value is -0.661. The standard InChI is InChI=1S/C4H6O5.Fe.2H2O/c5-2(4(8)9)1-3(6)7;;;/h2,5H,1H2,(H,6,7)(H,8,9);;2*1H2/q;+4;;/p-4. The Bertz CT molecular complexity index is 146. The topological polar surface area (TPSA) is 141 Å². The van der Waals surface area contributed by atoms with E-state index in [4.69, 9.17) is 13.5 Å². The first-order valence-electron chi connectivity index (χ1n) is 2.44. The van der Waals surface area contributed by atoms with Crippen LogP contribution in [-0.4, -0.2) is 31.5 Å². The van der Waals surface area contributed by atoms with Gasteiger partial charge in [0.1, 0.15) is 0 Å². The van der Waals surface area contributed by atoms with Gasteiger partial charge in [-0.25, -0.2) is 0 Å². The van der Waals surface area contributed by atoms with Gasteiger partial charge in [0.25, 0.3) is 0 Å². The number of aliphatic carboxylic acids is 2. The van der Waals surface area contributed by atoms with Gasteiger partial charge in [-0.2, -0.15) is 0 Å². The van der Waals surface area contributed by atoms with Crippen LogP contribution in [0.3, 0.4) is 0 Å². The first-order chi connectivity index (χ1) is 5.45. The summed E-state index contributed by atoms with van der Waals surface area (Å²) in [6.45, 7) is 0. The summed E-state index contributed by atoms with van der Waals surface area (Å²) < 4.78 is 14.2. The number of rotatable bonds is 3. The minimum absolute atomic E-state index is 0.750. The Morgan fingerprint density at radius 3 is 1.75 bits per heavy atom. The third-order valence-electron chi connectivity index (χ3n) is 0.632. The van der Waals surface area contributed by atoms with Crippen LogP contribution in [0.2, 0.25) is 0 Å². The second-order valence-electron chi connectivity index (χ2n) is 1.48. The average Bonchev–Trinajstić information content (AvgIpc) is 1.87. The molecule has 7 nitrogen and oxygen atoms in total. The summed E-state index contributed by atoms with van der Waals surface area (Å²) in [5.74, 6) is -3.43. The van der Waals surface area contributed by atoms with Gasteiger partial charge in [0.2, 0.25) is 0 Å². The third-order valence-corrected chi connectivity index (χ3v) is 0.632. The van der Waals surface area contributed by atoms with Crippen LogP contribution in [0, 0.1) is 0 Å². The molecule has 0 rings (SSSR count). The molecular weight excluding hydrogens is 216 g/mol. The molecular formula is C4H6FeO7. The van der Waals surface area contributed by atoms with E-state index in [9.17, 15) is 19.8 Å². The molecule has 0 aromatic heterocycles. The predicted octanol–water partition coefficient (Wildman–Crippen LogP) is -4.88. The van der Waals surface area contributed by atoms with Crippen molar-refractivity contribution >= 4 is 11.9 Å². The zero-order chi connectivity index (χ0) is 10.1. The van der Waals surface area contributed by atoms with Gasteiger partial charge in [0.05, 0.1) is 12.1 Å². The maximum atomic E-state index is 9.58. The number of carboxylic acids is 2. The quantitative estimate of drug-likeness (QED) is 0.406. The molecule has 3 N–H and O–H groups in total. The molecule has 72 valence electrons. The average molecular weight is 222 g/mol. The number of aliphatic hydroxyl groups is 1. The van der Waals surface area contributed by atoms with Gasteiger partial charge in [0.15, 0.2) is 0 Å². The van der Waals surface area contributed by atoms with Crippen LogP contribution in [0.4, 0.5) is 0 Å². The van der Waals surface area contributed by atoms with Crippen molar-refractivity contribution in [3.05, 3.63) is 0 Å². The van der Waals surface area contributed by atoms with Crippen LogP contribution in [0.1, 0.15) is 6.42 Å². The number of aliphatic hydroxyl groups excluding tert-OH is 1. The van der Waals surface area contributed by atoms with Crippen LogP contribution in [-0.2, 0) is 25.2 Å². The monoisotopic (exact) mass is 222 g/mol. The minimum atomic E-state index is -1.96. The number of hydrogen-bond acceptors (Lipinski definition) is 7. The van der Waals surface area contributed by atoms with Gasteiger partial charge in [-0.3, -0.25) is 0 Å². The fraction of sp³-hybridized carbons (Fsp3) is 0.500. The molecule has 0 aromatic carbocycles. The van der Waals surface area contributed by atoms with Crippen molar-refractivity contribution in [3.8, 4) is 0 Å². The van der Waals surface area contributed by atoms with Crippen LogP contribution < -0.4 is 10.2 Å². The molecule has 0 spiro atoms. The zero-order valence-electron chi connectivity index (χ0n) is 5.61. The van der Waals surface area contributed by atoms with Crippen molar-refractivity contribution in [1.29, 1.82) is 0 Å². The summed E-state index contributed by atoms with van der Waals surface area (Å²) in [7, 11) is 0. The Labute approximate surface area is 74.1 Å². The summed E-state index contributed by atoms with van der Waals surface area (Å²) >= 11 is -0.750. The van der Waals surface area contributed by atoms with Gasteiger partial charge in [-0.15, -0.1) is 0 Å². The van der Waals surface area contributed by atoms with Crippen molar-refractivity contribution in [2.75, 3.05) is 0 Å². The van der Waals surface area contributed by atoms with Gasteiger partial charge in [0, 0.05) is 12.4 Å². The molecule has 1 atom stereocenters. The summed E-state index contributed by atoms with van der Waals surface area (Å²) in [5, 5.41) is 27.3. The molecule has 0 saturated heterocycles. The molecule has 0 bridgehead atoms. The summed E-state index contributed by atoms with van der Waals surface area (Å²) in [6, 6.07) is 0. The molecule has 0 fully saturated rings. The zero-order valence-corrected chi connectivity index (χ0v) is 6.72. The molecule has 0 amide bonds.